The van der Waals surface area contributed by atoms with E-state index in [1.54, 1.807) is 10.9 Å². The van der Waals surface area contributed by atoms with Gasteiger partial charge in [0.2, 0.25) is 5.91 Å². The van der Waals surface area contributed by atoms with E-state index in [0.29, 0.717) is 13.0 Å². The van der Waals surface area contributed by atoms with E-state index in [4.69, 9.17) is 5.11 Å². The molecule has 6 heteroatoms. The van der Waals surface area contributed by atoms with Crippen LogP contribution in [0.4, 0.5) is 0 Å². The number of amides is 1. The lowest BCUT2D eigenvalue weighted by molar-refractivity contribution is -0.140. The van der Waals surface area contributed by atoms with Gasteiger partial charge in [-0.1, -0.05) is 12.1 Å². The second-order valence-electron chi connectivity index (χ2n) is 5.12. The average molecular weight is 285 g/mol. The Labute approximate surface area is 121 Å². The first-order chi connectivity index (χ1) is 10.1. The summed E-state index contributed by atoms with van der Waals surface area (Å²) in [5.41, 5.74) is 1.91. The lowest BCUT2D eigenvalue weighted by Crippen LogP contribution is -2.25. The molecule has 0 radical (unpaired) electrons. The number of aliphatic carboxylic acids is 1. The summed E-state index contributed by atoms with van der Waals surface area (Å²) in [5.74, 6) is -1.95. The van der Waals surface area contributed by atoms with Crippen LogP contribution in [0.25, 0.3) is 5.69 Å². The summed E-state index contributed by atoms with van der Waals surface area (Å²) >= 11 is 0. The van der Waals surface area contributed by atoms with Crippen LogP contribution in [-0.4, -0.2) is 26.8 Å². The fraction of sp³-hybridized carbons (Fsp3) is 0.267. The highest BCUT2D eigenvalue weighted by Gasteiger charge is 2.48. The van der Waals surface area contributed by atoms with Gasteiger partial charge in [0.15, 0.2) is 0 Å². The molecule has 2 atom stereocenters. The third-order valence-electron chi connectivity index (χ3n) is 3.62. The van der Waals surface area contributed by atoms with Crippen molar-refractivity contribution in [2.45, 2.75) is 13.0 Å². The zero-order chi connectivity index (χ0) is 14.8. The molecule has 0 bridgehead atoms. The Bertz CT molecular complexity index is 649. The lowest BCUT2D eigenvalue weighted by atomic mass is 10.2. The fourth-order valence-electron chi connectivity index (χ4n) is 2.27. The van der Waals surface area contributed by atoms with Gasteiger partial charge in [0.05, 0.1) is 17.5 Å². The molecule has 1 amide bonds. The van der Waals surface area contributed by atoms with Gasteiger partial charge in [-0.3, -0.25) is 9.59 Å². The molecule has 2 aromatic rings. The van der Waals surface area contributed by atoms with Gasteiger partial charge in [0.1, 0.15) is 0 Å². The Kier molecular flexibility index (Phi) is 3.43. The van der Waals surface area contributed by atoms with Crippen LogP contribution in [0, 0.1) is 11.8 Å². The van der Waals surface area contributed by atoms with Crippen molar-refractivity contribution in [3.63, 3.8) is 0 Å². The first-order valence-electron chi connectivity index (χ1n) is 6.74. The molecule has 3 rings (SSSR count). The van der Waals surface area contributed by atoms with Crippen molar-refractivity contribution in [3.05, 3.63) is 48.3 Å². The molecule has 1 saturated carbocycles. The Morgan fingerprint density at radius 1 is 1.29 bits per heavy atom. The molecular formula is C15H15N3O3. The second kappa shape index (κ2) is 5.40. The Hall–Kier alpha value is -2.63. The maximum atomic E-state index is 11.8. The number of hydrogen-bond acceptors (Lipinski definition) is 3. The topological polar surface area (TPSA) is 84.2 Å². The van der Waals surface area contributed by atoms with Crippen LogP contribution in [0.1, 0.15) is 12.0 Å². The molecule has 1 fully saturated rings. The van der Waals surface area contributed by atoms with Crippen molar-refractivity contribution < 1.29 is 14.7 Å². The van der Waals surface area contributed by atoms with E-state index in [1.165, 1.54) is 0 Å². The molecule has 0 unspecified atom stereocenters. The molecule has 1 heterocycles. The van der Waals surface area contributed by atoms with Gasteiger partial charge in [-0.2, -0.15) is 5.10 Å². The van der Waals surface area contributed by atoms with Gasteiger partial charge in [-0.15, -0.1) is 0 Å². The van der Waals surface area contributed by atoms with E-state index in [0.717, 1.165) is 11.3 Å². The van der Waals surface area contributed by atoms with Gasteiger partial charge in [0, 0.05) is 18.9 Å². The van der Waals surface area contributed by atoms with Crippen molar-refractivity contribution in [2.24, 2.45) is 11.8 Å². The molecule has 108 valence electrons. The van der Waals surface area contributed by atoms with Crippen molar-refractivity contribution in [1.82, 2.24) is 15.1 Å². The number of rotatable bonds is 5. The fourth-order valence-corrected chi connectivity index (χ4v) is 2.27. The van der Waals surface area contributed by atoms with E-state index < -0.39 is 11.9 Å². The second-order valence-corrected chi connectivity index (χ2v) is 5.12. The average Bonchev–Trinajstić information content (AvgIpc) is 3.12. The summed E-state index contributed by atoms with van der Waals surface area (Å²) in [7, 11) is 0. The number of aromatic nitrogens is 2. The van der Waals surface area contributed by atoms with Crippen LogP contribution in [0.5, 0.6) is 0 Å². The molecule has 0 aliphatic heterocycles. The molecule has 1 aromatic heterocycles. The first-order valence-corrected chi connectivity index (χ1v) is 6.74. The minimum absolute atomic E-state index is 0.182. The summed E-state index contributed by atoms with van der Waals surface area (Å²) in [6.45, 7) is 0.404. The van der Waals surface area contributed by atoms with Gasteiger partial charge >= 0.3 is 5.97 Å². The van der Waals surface area contributed by atoms with Crippen molar-refractivity contribution >= 4 is 11.9 Å². The third kappa shape index (κ3) is 2.94. The zero-order valence-electron chi connectivity index (χ0n) is 11.3. The highest BCUT2D eigenvalue weighted by molar-refractivity contribution is 5.89. The molecule has 1 aliphatic rings. The monoisotopic (exact) mass is 285 g/mol. The minimum Gasteiger partial charge on any atom is -0.481 e. The van der Waals surface area contributed by atoms with Crippen LogP contribution in [0.3, 0.4) is 0 Å². The van der Waals surface area contributed by atoms with Gasteiger partial charge in [-0.05, 0) is 30.2 Å². The Morgan fingerprint density at radius 2 is 2.05 bits per heavy atom. The van der Waals surface area contributed by atoms with Crippen LogP contribution >= 0.6 is 0 Å². The Balaban J connectivity index is 1.54. The number of hydrogen-bond donors (Lipinski definition) is 2. The molecule has 0 saturated heterocycles. The van der Waals surface area contributed by atoms with Crippen LogP contribution in [0.15, 0.2) is 42.7 Å². The standard InChI is InChI=1S/C15H15N3O3/c19-14(12-8-13(12)15(20)21)16-9-10-2-4-11(5-3-10)18-7-1-6-17-18/h1-7,12-13H,8-9H2,(H,16,19)(H,20,21)/t12-,13-/m0/s1. The molecule has 0 spiro atoms. The summed E-state index contributed by atoms with van der Waals surface area (Å²) in [6, 6.07) is 9.53. The SMILES string of the molecule is O=C(O)[C@H]1C[C@@H]1C(=O)NCc1ccc(-n2cccn2)cc1. The number of nitrogens with one attached hydrogen (secondary N) is 1. The molecule has 6 nitrogen and oxygen atoms in total. The summed E-state index contributed by atoms with van der Waals surface area (Å²) in [6.07, 6.45) is 4.01. The predicted molar refractivity (Wildman–Crippen MR) is 74.6 cm³/mol. The number of carbonyl (C=O) groups is 2. The predicted octanol–water partition coefficient (Wildman–Crippen LogP) is 1.21. The van der Waals surface area contributed by atoms with E-state index in [9.17, 15) is 9.59 Å². The smallest absolute Gasteiger partial charge is 0.307 e. The number of carbonyl (C=O) groups excluding carboxylic acids is 1. The molecule has 21 heavy (non-hydrogen) atoms. The van der Waals surface area contributed by atoms with Crippen LogP contribution < -0.4 is 5.32 Å². The largest absolute Gasteiger partial charge is 0.481 e. The summed E-state index contributed by atoms with van der Waals surface area (Å²) in [4.78, 5) is 22.5. The van der Waals surface area contributed by atoms with E-state index in [1.807, 2.05) is 36.5 Å². The molecule has 1 aromatic carbocycles. The molecule has 1 aliphatic carbocycles. The summed E-state index contributed by atoms with van der Waals surface area (Å²) < 4.78 is 1.75. The number of carboxylic acid groups (broad SMARTS) is 1. The zero-order valence-corrected chi connectivity index (χ0v) is 11.3. The van der Waals surface area contributed by atoms with E-state index in [-0.39, 0.29) is 11.8 Å². The quantitative estimate of drug-likeness (QED) is 0.864. The van der Waals surface area contributed by atoms with E-state index in [2.05, 4.69) is 10.4 Å². The lowest BCUT2D eigenvalue weighted by Gasteiger charge is -2.06. The molecule has 2 N–H and O–H groups in total. The number of carboxylic acids is 1. The molecular weight excluding hydrogens is 270 g/mol. The van der Waals surface area contributed by atoms with Crippen molar-refractivity contribution in [2.75, 3.05) is 0 Å². The van der Waals surface area contributed by atoms with Crippen LogP contribution in [-0.2, 0) is 16.1 Å². The highest BCUT2D eigenvalue weighted by Crippen LogP contribution is 2.38. The summed E-state index contributed by atoms with van der Waals surface area (Å²) in [5, 5.41) is 15.7. The van der Waals surface area contributed by atoms with E-state index >= 15 is 0 Å². The van der Waals surface area contributed by atoms with Crippen molar-refractivity contribution in [3.8, 4) is 5.69 Å². The maximum absolute atomic E-state index is 11.8. The Morgan fingerprint density at radius 3 is 2.62 bits per heavy atom. The third-order valence-corrected chi connectivity index (χ3v) is 3.62. The number of nitrogens with zero attached hydrogens (tertiary/aromatic N) is 2. The maximum Gasteiger partial charge on any atom is 0.307 e. The number of benzene rings is 1. The van der Waals surface area contributed by atoms with Gasteiger partial charge in [0.25, 0.3) is 0 Å². The van der Waals surface area contributed by atoms with Gasteiger partial charge < -0.3 is 10.4 Å². The minimum atomic E-state index is -0.890. The van der Waals surface area contributed by atoms with Crippen LogP contribution in [0.2, 0.25) is 0 Å². The normalized spacial score (nSPS) is 20.0. The highest BCUT2D eigenvalue weighted by atomic mass is 16.4. The van der Waals surface area contributed by atoms with Gasteiger partial charge in [-0.25, -0.2) is 4.68 Å². The first kappa shape index (κ1) is 13.4. The van der Waals surface area contributed by atoms with Crippen molar-refractivity contribution in [1.29, 1.82) is 0 Å².